The van der Waals surface area contributed by atoms with Crippen LogP contribution in [-0.2, 0) is 19.1 Å². The second kappa shape index (κ2) is 8.01. The lowest BCUT2D eigenvalue weighted by Gasteiger charge is -2.25. The summed E-state index contributed by atoms with van der Waals surface area (Å²) in [5.74, 6) is -1.26. The van der Waals surface area contributed by atoms with E-state index in [0.717, 1.165) is 20.1 Å². The van der Waals surface area contributed by atoms with Gasteiger partial charge in [0.2, 0.25) is 0 Å². The molecule has 0 atom stereocenters. The normalized spacial score (nSPS) is 13.8. The topological polar surface area (TPSA) is 55.8 Å². The molecule has 1 aromatic carbocycles. The van der Waals surface area contributed by atoms with Gasteiger partial charge in [0, 0.05) is 15.1 Å². The Bertz CT molecular complexity index is 825. The van der Waals surface area contributed by atoms with E-state index in [4.69, 9.17) is 9.47 Å². The SMILES string of the molecule is COC(=O)C1=C(C(=O)OC)N(c2cc(C)c(Br)c(C)c2Br)C=CC=C1. The summed E-state index contributed by atoms with van der Waals surface area (Å²) in [4.78, 5) is 26.3. The van der Waals surface area contributed by atoms with E-state index < -0.39 is 11.9 Å². The summed E-state index contributed by atoms with van der Waals surface area (Å²) < 4.78 is 11.5. The number of esters is 2. The van der Waals surface area contributed by atoms with Gasteiger partial charge in [-0.3, -0.25) is 0 Å². The summed E-state index contributed by atoms with van der Waals surface area (Å²) in [7, 11) is 2.54. The molecule has 0 radical (unpaired) electrons. The van der Waals surface area contributed by atoms with E-state index in [1.54, 1.807) is 23.3 Å². The smallest absolute Gasteiger partial charge is 0.355 e. The van der Waals surface area contributed by atoms with Crippen LogP contribution in [0.4, 0.5) is 5.69 Å². The van der Waals surface area contributed by atoms with Crippen LogP contribution in [0.15, 0.2) is 50.7 Å². The molecular weight excluding hydrogens is 454 g/mol. The van der Waals surface area contributed by atoms with Gasteiger partial charge in [0.15, 0.2) is 0 Å². The van der Waals surface area contributed by atoms with Gasteiger partial charge < -0.3 is 14.4 Å². The van der Waals surface area contributed by atoms with Crippen LogP contribution in [0.3, 0.4) is 0 Å². The number of allylic oxidation sites excluding steroid dienone is 2. The third-order valence-electron chi connectivity index (χ3n) is 3.73. The van der Waals surface area contributed by atoms with E-state index in [9.17, 15) is 9.59 Å². The molecule has 0 bridgehead atoms. The van der Waals surface area contributed by atoms with Crippen molar-refractivity contribution < 1.29 is 19.1 Å². The highest BCUT2D eigenvalue weighted by molar-refractivity contribution is 9.11. The zero-order valence-electron chi connectivity index (χ0n) is 14.2. The molecule has 0 amide bonds. The largest absolute Gasteiger partial charge is 0.465 e. The number of nitrogens with zero attached hydrogens (tertiary/aromatic N) is 1. The zero-order chi connectivity index (χ0) is 18.7. The summed E-state index contributed by atoms with van der Waals surface area (Å²) in [5, 5.41) is 0. The van der Waals surface area contributed by atoms with E-state index in [1.165, 1.54) is 20.3 Å². The average Bonchev–Trinajstić information content (AvgIpc) is 2.84. The Hall–Kier alpha value is -1.86. The molecular formula is C18H17Br2NO4. The van der Waals surface area contributed by atoms with Crippen LogP contribution in [0.5, 0.6) is 0 Å². The minimum atomic E-state index is -0.637. The standard InChI is InChI=1S/C18H17Br2NO4/c1-10-9-13(15(20)11(2)14(10)19)21-8-6-5-7-12(17(22)24-3)16(21)18(23)25-4/h5-9H,1-4H3. The Morgan fingerprint density at radius 3 is 2.24 bits per heavy atom. The van der Waals surface area contributed by atoms with Crippen LogP contribution in [0, 0.1) is 13.8 Å². The summed E-state index contributed by atoms with van der Waals surface area (Å²) in [6, 6.07) is 1.91. The second-order valence-corrected chi connectivity index (χ2v) is 6.87. The lowest BCUT2D eigenvalue weighted by atomic mass is 10.1. The number of anilines is 1. The van der Waals surface area contributed by atoms with Crippen LogP contribution < -0.4 is 4.90 Å². The van der Waals surface area contributed by atoms with Gasteiger partial charge in [-0.1, -0.05) is 22.0 Å². The number of hydrogen-bond acceptors (Lipinski definition) is 5. The molecule has 0 unspecified atom stereocenters. The van der Waals surface area contributed by atoms with Crippen molar-refractivity contribution in [2.24, 2.45) is 0 Å². The molecule has 5 nitrogen and oxygen atoms in total. The average molecular weight is 471 g/mol. The van der Waals surface area contributed by atoms with Crippen LogP contribution in [0.2, 0.25) is 0 Å². The Labute approximate surface area is 163 Å². The molecule has 0 N–H and O–H groups in total. The number of methoxy groups -OCH3 is 2. The molecule has 0 spiro atoms. The highest BCUT2D eigenvalue weighted by Gasteiger charge is 2.29. The fourth-order valence-corrected chi connectivity index (χ4v) is 3.52. The van der Waals surface area contributed by atoms with E-state index in [1.807, 2.05) is 19.9 Å². The maximum absolute atomic E-state index is 12.5. The zero-order valence-corrected chi connectivity index (χ0v) is 17.4. The summed E-state index contributed by atoms with van der Waals surface area (Å²) in [6.07, 6.45) is 6.63. The lowest BCUT2D eigenvalue weighted by molar-refractivity contribution is -0.139. The molecule has 0 aromatic heterocycles. The first-order valence-electron chi connectivity index (χ1n) is 7.33. The number of rotatable bonds is 3. The number of ether oxygens (including phenoxy) is 2. The van der Waals surface area contributed by atoms with E-state index in [2.05, 4.69) is 31.9 Å². The highest BCUT2D eigenvalue weighted by Crippen LogP contribution is 2.39. The summed E-state index contributed by atoms with van der Waals surface area (Å²) in [6.45, 7) is 3.91. The molecule has 0 saturated carbocycles. The fraction of sp³-hybridized carbons (Fsp3) is 0.222. The molecule has 1 aromatic rings. The van der Waals surface area contributed by atoms with Crippen molar-refractivity contribution in [1.82, 2.24) is 0 Å². The number of carbonyl (C=O) groups is 2. The fourth-order valence-electron chi connectivity index (χ4n) is 2.44. The monoisotopic (exact) mass is 469 g/mol. The van der Waals surface area contributed by atoms with Crippen LogP contribution in [0.1, 0.15) is 11.1 Å². The minimum Gasteiger partial charge on any atom is -0.465 e. The van der Waals surface area contributed by atoms with Gasteiger partial charge in [0.05, 0.1) is 25.5 Å². The van der Waals surface area contributed by atoms with Crippen molar-refractivity contribution in [3.63, 3.8) is 0 Å². The van der Waals surface area contributed by atoms with Crippen molar-refractivity contribution in [3.8, 4) is 0 Å². The molecule has 0 aliphatic carbocycles. The van der Waals surface area contributed by atoms with Crippen LogP contribution >= 0.6 is 31.9 Å². The van der Waals surface area contributed by atoms with Crippen molar-refractivity contribution in [1.29, 1.82) is 0 Å². The number of carbonyl (C=O) groups excluding carboxylic acids is 2. The molecule has 1 heterocycles. The summed E-state index contributed by atoms with van der Waals surface area (Å²) >= 11 is 7.13. The molecule has 132 valence electrons. The first-order chi connectivity index (χ1) is 11.8. The maximum Gasteiger partial charge on any atom is 0.355 e. The lowest BCUT2D eigenvalue weighted by Crippen LogP contribution is -2.27. The van der Waals surface area contributed by atoms with Gasteiger partial charge in [0.1, 0.15) is 5.70 Å². The molecule has 7 heteroatoms. The molecule has 0 saturated heterocycles. The minimum absolute atomic E-state index is 0.0844. The van der Waals surface area contributed by atoms with Crippen molar-refractivity contribution in [2.75, 3.05) is 19.1 Å². The van der Waals surface area contributed by atoms with Crippen LogP contribution in [0.25, 0.3) is 0 Å². The number of hydrogen-bond donors (Lipinski definition) is 0. The first-order valence-corrected chi connectivity index (χ1v) is 8.92. The van der Waals surface area contributed by atoms with Gasteiger partial charge >= 0.3 is 11.9 Å². The predicted octanol–water partition coefficient (Wildman–Crippen LogP) is 4.32. The first kappa shape index (κ1) is 19.5. The highest BCUT2D eigenvalue weighted by atomic mass is 79.9. The Morgan fingerprint density at radius 1 is 1.00 bits per heavy atom. The summed E-state index contributed by atoms with van der Waals surface area (Å²) in [5.41, 5.74) is 2.88. The van der Waals surface area contributed by atoms with Crippen molar-refractivity contribution >= 4 is 49.5 Å². The molecule has 1 aliphatic heterocycles. The molecule has 0 fully saturated rings. The van der Waals surface area contributed by atoms with E-state index in [-0.39, 0.29) is 11.3 Å². The quantitative estimate of drug-likeness (QED) is 0.616. The Morgan fingerprint density at radius 2 is 1.64 bits per heavy atom. The van der Waals surface area contributed by atoms with Gasteiger partial charge in [-0.25, -0.2) is 9.59 Å². The maximum atomic E-state index is 12.5. The van der Waals surface area contributed by atoms with E-state index >= 15 is 0 Å². The Kier molecular flexibility index (Phi) is 6.24. The Balaban J connectivity index is 2.78. The number of aryl methyl sites for hydroxylation is 1. The van der Waals surface area contributed by atoms with Crippen LogP contribution in [-0.4, -0.2) is 26.2 Å². The van der Waals surface area contributed by atoms with Gasteiger partial charge in [0.25, 0.3) is 0 Å². The third-order valence-corrected chi connectivity index (χ3v) is 5.95. The van der Waals surface area contributed by atoms with Crippen molar-refractivity contribution in [3.05, 3.63) is 61.8 Å². The molecule has 1 aliphatic rings. The van der Waals surface area contributed by atoms with Gasteiger partial charge in [-0.05, 0) is 59.1 Å². The predicted molar refractivity (Wildman–Crippen MR) is 103 cm³/mol. The second-order valence-electron chi connectivity index (χ2n) is 5.28. The van der Waals surface area contributed by atoms with Gasteiger partial charge in [-0.2, -0.15) is 0 Å². The van der Waals surface area contributed by atoms with E-state index in [0.29, 0.717) is 5.69 Å². The number of halogens is 2. The number of benzene rings is 1. The van der Waals surface area contributed by atoms with Gasteiger partial charge in [-0.15, -0.1) is 0 Å². The molecule has 2 rings (SSSR count). The molecule has 25 heavy (non-hydrogen) atoms. The van der Waals surface area contributed by atoms with Crippen molar-refractivity contribution in [2.45, 2.75) is 13.8 Å². The third kappa shape index (κ3) is 3.72.